The van der Waals surface area contributed by atoms with E-state index in [1.165, 1.54) is 6.20 Å². The van der Waals surface area contributed by atoms with Crippen molar-refractivity contribution in [2.24, 2.45) is 0 Å². The van der Waals surface area contributed by atoms with Crippen molar-refractivity contribution in [2.75, 3.05) is 6.61 Å². The Morgan fingerprint density at radius 3 is 2.69 bits per heavy atom. The molecule has 1 aliphatic rings. The van der Waals surface area contributed by atoms with Gasteiger partial charge in [0.1, 0.15) is 0 Å². The fourth-order valence-corrected chi connectivity index (χ4v) is 4.37. The van der Waals surface area contributed by atoms with Gasteiger partial charge in [0, 0.05) is 17.0 Å². The number of alkyl halides is 3. The van der Waals surface area contributed by atoms with Crippen LogP contribution in [0.15, 0.2) is 24.5 Å². The Hall–Kier alpha value is -2.94. The van der Waals surface area contributed by atoms with Gasteiger partial charge in [-0.15, -0.1) is 0 Å². The Bertz CT molecular complexity index is 1220. The highest BCUT2D eigenvalue weighted by Gasteiger charge is 2.38. The third kappa shape index (κ3) is 2.79. The van der Waals surface area contributed by atoms with Crippen molar-refractivity contribution < 1.29 is 18.3 Å². The van der Waals surface area contributed by atoms with E-state index in [1.807, 2.05) is 12.1 Å². The molecule has 0 saturated heterocycles. The first-order valence-corrected chi connectivity index (χ1v) is 9.51. The zero-order chi connectivity index (χ0) is 20.2. The van der Waals surface area contributed by atoms with E-state index in [9.17, 15) is 18.3 Å². The molecular weight excluding hydrogens is 383 g/mol. The van der Waals surface area contributed by atoms with Gasteiger partial charge >= 0.3 is 6.18 Å². The summed E-state index contributed by atoms with van der Waals surface area (Å²) >= 11 is 0. The first-order valence-electron chi connectivity index (χ1n) is 9.51. The lowest BCUT2D eigenvalue weighted by Crippen LogP contribution is -2.11. The molecule has 2 N–H and O–H groups in total. The fraction of sp³-hybridized carbons (Fsp3) is 0.350. The molecule has 1 aliphatic carbocycles. The smallest absolute Gasteiger partial charge is 0.394 e. The number of H-pyrrole nitrogens is 1. The van der Waals surface area contributed by atoms with Crippen molar-refractivity contribution in [3.8, 4) is 11.3 Å². The van der Waals surface area contributed by atoms with E-state index in [2.05, 4.69) is 20.3 Å². The Morgan fingerprint density at radius 1 is 1.14 bits per heavy atom. The molecule has 0 bridgehead atoms. The summed E-state index contributed by atoms with van der Waals surface area (Å²) in [6, 6.07) is 3.67. The summed E-state index contributed by atoms with van der Waals surface area (Å²) in [7, 11) is 0. The molecule has 4 aromatic rings. The van der Waals surface area contributed by atoms with Crippen molar-refractivity contribution in [3.05, 3.63) is 41.3 Å². The summed E-state index contributed by atoms with van der Waals surface area (Å²) in [4.78, 5) is 4.66. The standard InChI is InChI=1S/C20H18F3N5O/c21-20(22,23)19-14(9-24-27-19)18-12-4-2-1-3-11(12)17-13-10-25-28(7-8-29)16(13)6-5-15(17)26-18/h5-6,9-10,29H,1-4,7-8H2,(H,24,27). The number of nitrogens with one attached hydrogen (secondary N) is 1. The van der Waals surface area contributed by atoms with Gasteiger partial charge in [0.2, 0.25) is 0 Å². The Labute approximate surface area is 163 Å². The van der Waals surface area contributed by atoms with E-state index >= 15 is 0 Å². The predicted molar refractivity (Wildman–Crippen MR) is 101 cm³/mol. The van der Waals surface area contributed by atoms with Crippen molar-refractivity contribution in [1.82, 2.24) is 25.0 Å². The zero-order valence-corrected chi connectivity index (χ0v) is 15.4. The van der Waals surface area contributed by atoms with Gasteiger partial charge in [0.05, 0.1) is 41.6 Å². The second kappa shape index (κ2) is 6.55. The number of aromatic amines is 1. The van der Waals surface area contributed by atoms with Crippen LogP contribution >= 0.6 is 0 Å². The Kier molecular flexibility index (Phi) is 4.09. The molecule has 9 heteroatoms. The summed E-state index contributed by atoms with van der Waals surface area (Å²) in [6.45, 7) is 0.359. The van der Waals surface area contributed by atoms with Crippen molar-refractivity contribution >= 4 is 21.8 Å². The highest BCUT2D eigenvalue weighted by atomic mass is 19.4. The number of aryl methyl sites for hydroxylation is 1. The van der Waals surface area contributed by atoms with Gasteiger partial charge in [0.15, 0.2) is 5.69 Å². The number of fused-ring (bicyclic) bond motifs is 5. The molecule has 150 valence electrons. The molecule has 0 amide bonds. The van der Waals surface area contributed by atoms with Gasteiger partial charge in [-0.05, 0) is 48.9 Å². The summed E-state index contributed by atoms with van der Waals surface area (Å²) < 4.78 is 42.1. The van der Waals surface area contributed by atoms with Crippen molar-refractivity contribution in [1.29, 1.82) is 0 Å². The van der Waals surface area contributed by atoms with Crippen LogP contribution in [0.3, 0.4) is 0 Å². The first kappa shape index (κ1) is 18.1. The van der Waals surface area contributed by atoms with Crippen LogP contribution in [0.2, 0.25) is 0 Å². The molecule has 3 aromatic heterocycles. The topological polar surface area (TPSA) is 79.6 Å². The minimum absolute atomic E-state index is 0.00591. The molecule has 5 rings (SSSR count). The van der Waals surface area contributed by atoms with E-state index in [-0.39, 0.29) is 12.2 Å². The second-order valence-electron chi connectivity index (χ2n) is 7.25. The minimum atomic E-state index is -4.55. The number of benzene rings is 1. The third-order valence-electron chi connectivity index (χ3n) is 5.57. The van der Waals surface area contributed by atoms with Crippen molar-refractivity contribution in [3.63, 3.8) is 0 Å². The highest BCUT2D eigenvalue weighted by Crippen LogP contribution is 2.41. The molecule has 1 aromatic carbocycles. The maximum absolute atomic E-state index is 13.5. The average Bonchev–Trinajstić information content (AvgIpc) is 3.35. The number of aliphatic hydroxyl groups is 1. The lowest BCUT2D eigenvalue weighted by atomic mass is 9.85. The van der Waals surface area contributed by atoms with Crippen LogP contribution in [0.4, 0.5) is 13.2 Å². The molecule has 29 heavy (non-hydrogen) atoms. The number of pyridine rings is 1. The zero-order valence-electron chi connectivity index (χ0n) is 15.4. The van der Waals surface area contributed by atoms with E-state index in [0.717, 1.165) is 46.7 Å². The summed E-state index contributed by atoms with van der Waals surface area (Å²) in [5.74, 6) is 0. The molecule has 6 nitrogen and oxygen atoms in total. The van der Waals surface area contributed by atoms with Crippen LogP contribution < -0.4 is 0 Å². The molecular formula is C20H18F3N5O. The number of rotatable bonds is 3. The van der Waals surface area contributed by atoms with Gasteiger partial charge in [-0.25, -0.2) is 4.98 Å². The van der Waals surface area contributed by atoms with Gasteiger partial charge in [0.25, 0.3) is 0 Å². The molecule has 0 unspecified atom stereocenters. The van der Waals surface area contributed by atoms with Crippen LogP contribution in [0.25, 0.3) is 33.1 Å². The summed E-state index contributed by atoms with van der Waals surface area (Å²) in [5, 5.41) is 21.3. The van der Waals surface area contributed by atoms with Crippen LogP contribution in [-0.4, -0.2) is 36.7 Å². The molecule has 3 heterocycles. The number of aliphatic hydroxyl groups excluding tert-OH is 1. The van der Waals surface area contributed by atoms with Gasteiger partial charge in [-0.3, -0.25) is 9.78 Å². The largest absolute Gasteiger partial charge is 0.435 e. The predicted octanol–water partition coefficient (Wildman–Crippen LogP) is 3.86. The maximum atomic E-state index is 13.5. The molecule has 0 radical (unpaired) electrons. The van der Waals surface area contributed by atoms with Crippen LogP contribution in [0, 0.1) is 0 Å². The minimum Gasteiger partial charge on any atom is -0.394 e. The highest BCUT2D eigenvalue weighted by molar-refractivity contribution is 6.08. The van der Waals surface area contributed by atoms with Gasteiger partial charge < -0.3 is 5.11 Å². The SMILES string of the molecule is OCCn1ncc2c3c4c(c(-c5c[nH]nc5C(F)(F)F)nc3ccc21)CCCC4. The first-order chi connectivity index (χ1) is 14.0. The summed E-state index contributed by atoms with van der Waals surface area (Å²) in [5.41, 5.74) is 2.84. The summed E-state index contributed by atoms with van der Waals surface area (Å²) in [6.07, 6.45) is 1.83. The van der Waals surface area contributed by atoms with E-state index in [1.54, 1.807) is 10.9 Å². The maximum Gasteiger partial charge on any atom is 0.435 e. The van der Waals surface area contributed by atoms with E-state index in [0.29, 0.717) is 24.2 Å². The average molecular weight is 401 g/mol. The van der Waals surface area contributed by atoms with E-state index < -0.39 is 11.9 Å². The molecule has 0 atom stereocenters. The third-order valence-corrected chi connectivity index (χ3v) is 5.57. The normalized spacial score (nSPS) is 14.6. The number of hydrogen-bond donors (Lipinski definition) is 2. The molecule has 0 aliphatic heterocycles. The number of aromatic nitrogens is 5. The van der Waals surface area contributed by atoms with Gasteiger partial charge in [-0.1, -0.05) is 0 Å². The Balaban J connectivity index is 1.82. The number of halogens is 3. The van der Waals surface area contributed by atoms with E-state index in [4.69, 9.17) is 0 Å². The second-order valence-corrected chi connectivity index (χ2v) is 7.25. The molecule has 0 saturated carbocycles. The Morgan fingerprint density at radius 2 is 1.93 bits per heavy atom. The van der Waals surface area contributed by atoms with Crippen LogP contribution in [-0.2, 0) is 25.6 Å². The quantitative estimate of drug-likeness (QED) is 0.546. The van der Waals surface area contributed by atoms with Gasteiger partial charge in [-0.2, -0.15) is 23.4 Å². The lowest BCUT2D eigenvalue weighted by Gasteiger charge is -2.22. The number of hydrogen-bond acceptors (Lipinski definition) is 4. The van der Waals surface area contributed by atoms with Crippen molar-refractivity contribution in [2.45, 2.75) is 38.4 Å². The number of nitrogens with zero attached hydrogens (tertiary/aromatic N) is 4. The molecule has 0 spiro atoms. The van der Waals surface area contributed by atoms with Crippen LogP contribution in [0.1, 0.15) is 29.7 Å². The monoisotopic (exact) mass is 401 g/mol. The lowest BCUT2D eigenvalue weighted by molar-refractivity contribution is -0.140. The molecule has 0 fully saturated rings. The fourth-order valence-electron chi connectivity index (χ4n) is 4.37. The van der Waals surface area contributed by atoms with Crippen LogP contribution in [0.5, 0.6) is 0 Å².